The lowest BCUT2D eigenvalue weighted by atomic mass is 9.98. The molecule has 0 fully saturated rings. The largest absolute Gasteiger partial charge is 0.378 e. The summed E-state index contributed by atoms with van der Waals surface area (Å²) >= 11 is 0. The van der Waals surface area contributed by atoms with E-state index in [0.29, 0.717) is 6.42 Å². The zero-order chi connectivity index (χ0) is 9.61. The van der Waals surface area contributed by atoms with Crippen molar-refractivity contribution in [3.05, 3.63) is 0 Å². The lowest BCUT2D eigenvalue weighted by molar-refractivity contribution is 0.0520. The summed E-state index contributed by atoms with van der Waals surface area (Å²) in [6.45, 7) is 6.46. The van der Waals surface area contributed by atoms with E-state index in [-0.39, 0.29) is 6.10 Å². The van der Waals surface area contributed by atoms with Gasteiger partial charge in [0.05, 0.1) is 12.2 Å². The zero-order valence-electron chi connectivity index (χ0n) is 8.13. The van der Waals surface area contributed by atoms with Gasteiger partial charge < -0.3 is 10.5 Å². The standard InChI is InChI=1S/C9H18N2O/c1-4-5-12-8(2)6-9(3,11)7-10/h8H,4-6,11H2,1-3H3. The van der Waals surface area contributed by atoms with Gasteiger partial charge in [-0.3, -0.25) is 0 Å². The number of rotatable bonds is 5. The summed E-state index contributed by atoms with van der Waals surface area (Å²) in [4.78, 5) is 0. The van der Waals surface area contributed by atoms with Gasteiger partial charge in [0.1, 0.15) is 5.54 Å². The summed E-state index contributed by atoms with van der Waals surface area (Å²) in [6, 6.07) is 2.05. The number of ether oxygens (including phenoxy) is 1. The van der Waals surface area contributed by atoms with Crippen LogP contribution in [-0.2, 0) is 4.74 Å². The Morgan fingerprint density at radius 2 is 2.25 bits per heavy atom. The van der Waals surface area contributed by atoms with Crippen LogP contribution >= 0.6 is 0 Å². The molecule has 0 spiro atoms. The highest BCUT2D eigenvalue weighted by molar-refractivity contribution is 5.01. The molecule has 2 unspecified atom stereocenters. The second-order valence-electron chi connectivity index (χ2n) is 3.41. The summed E-state index contributed by atoms with van der Waals surface area (Å²) in [6.07, 6.45) is 1.65. The highest BCUT2D eigenvalue weighted by Gasteiger charge is 2.20. The molecule has 0 aliphatic rings. The maximum atomic E-state index is 8.64. The first-order chi connectivity index (χ1) is 5.52. The molecule has 3 nitrogen and oxygen atoms in total. The van der Waals surface area contributed by atoms with E-state index in [4.69, 9.17) is 15.7 Å². The third kappa shape index (κ3) is 5.11. The van der Waals surface area contributed by atoms with E-state index in [1.165, 1.54) is 0 Å². The second kappa shape index (κ2) is 5.13. The third-order valence-corrected chi connectivity index (χ3v) is 1.57. The average Bonchev–Trinajstić information content (AvgIpc) is 2.00. The van der Waals surface area contributed by atoms with Crippen molar-refractivity contribution in [2.45, 2.75) is 45.3 Å². The van der Waals surface area contributed by atoms with E-state index in [9.17, 15) is 0 Å². The highest BCUT2D eigenvalue weighted by Crippen LogP contribution is 2.10. The van der Waals surface area contributed by atoms with Crippen LogP contribution in [0.2, 0.25) is 0 Å². The van der Waals surface area contributed by atoms with Gasteiger partial charge in [-0.15, -0.1) is 0 Å². The van der Waals surface area contributed by atoms with Crippen LogP contribution in [0.3, 0.4) is 0 Å². The predicted octanol–water partition coefficient (Wildman–Crippen LogP) is 1.43. The number of nitriles is 1. The first kappa shape index (κ1) is 11.4. The fourth-order valence-electron chi connectivity index (χ4n) is 1.02. The molecule has 0 saturated carbocycles. The van der Waals surface area contributed by atoms with Gasteiger partial charge in [0.25, 0.3) is 0 Å². The van der Waals surface area contributed by atoms with E-state index in [0.717, 1.165) is 13.0 Å². The Bertz CT molecular complexity index is 160. The lowest BCUT2D eigenvalue weighted by Gasteiger charge is -2.20. The lowest BCUT2D eigenvalue weighted by Crippen LogP contribution is -2.38. The molecule has 70 valence electrons. The summed E-state index contributed by atoms with van der Waals surface area (Å²) in [5.74, 6) is 0. The molecular weight excluding hydrogens is 152 g/mol. The van der Waals surface area contributed by atoms with E-state index in [2.05, 4.69) is 6.92 Å². The van der Waals surface area contributed by atoms with Crippen molar-refractivity contribution in [3.8, 4) is 6.07 Å². The molecule has 0 aliphatic heterocycles. The number of hydrogen-bond donors (Lipinski definition) is 1. The van der Waals surface area contributed by atoms with Gasteiger partial charge >= 0.3 is 0 Å². The third-order valence-electron chi connectivity index (χ3n) is 1.57. The molecule has 0 aromatic rings. The second-order valence-corrected chi connectivity index (χ2v) is 3.41. The monoisotopic (exact) mass is 170 g/mol. The Labute approximate surface area is 74.5 Å². The molecule has 2 N–H and O–H groups in total. The normalized spacial score (nSPS) is 17.9. The topological polar surface area (TPSA) is 59.0 Å². The predicted molar refractivity (Wildman–Crippen MR) is 48.5 cm³/mol. The van der Waals surface area contributed by atoms with Gasteiger partial charge in [0.15, 0.2) is 0 Å². The van der Waals surface area contributed by atoms with Crippen molar-refractivity contribution in [1.29, 1.82) is 5.26 Å². The van der Waals surface area contributed by atoms with Gasteiger partial charge in [-0.25, -0.2) is 0 Å². The van der Waals surface area contributed by atoms with E-state index in [1.54, 1.807) is 6.92 Å². The van der Waals surface area contributed by atoms with Crippen LogP contribution in [0.4, 0.5) is 0 Å². The fourth-order valence-corrected chi connectivity index (χ4v) is 1.02. The van der Waals surface area contributed by atoms with E-state index in [1.807, 2.05) is 13.0 Å². The van der Waals surface area contributed by atoms with Gasteiger partial charge in [-0.2, -0.15) is 5.26 Å². The van der Waals surface area contributed by atoms with Crippen LogP contribution in [0.5, 0.6) is 0 Å². The molecule has 0 heterocycles. The molecule has 0 aliphatic carbocycles. The Morgan fingerprint density at radius 3 is 2.67 bits per heavy atom. The minimum Gasteiger partial charge on any atom is -0.378 e. The van der Waals surface area contributed by atoms with Crippen molar-refractivity contribution in [2.75, 3.05) is 6.61 Å². The summed E-state index contributed by atoms with van der Waals surface area (Å²) in [7, 11) is 0. The van der Waals surface area contributed by atoms with Crippen LogP contribution in [0.1, 0.15) is 33.6 Å². The van der Waals surface area contributed by atoms with Crippen LogP contribution < -0.4 is 5.73 Å². The fraction of sp³-hybridized carbons (Fsp3) is 0.889. The van der Waals surface area contributed by atoms with Crippen LogP contribution in [0.25, 0.3) is 0 Å². The summed E-state index contributed by atoms with van der Waals surface area (Å²) in [5, 5.41) is 8.64. The molecule has 3 heteroatoms. The summed E-state index contributed by atoms with van der Waals surface area (Å²) in [5.41, 5.74) is 4.89. The Kier molecular flexibility index (Phi) is 4.87. The quantitative estimate of drug-likeness (QED) is 0.679. The molecule has 0 radical (unpaired) electrons. The Hall–Kier alpha value is -0.590. The van der Waals surface area contributed by atoms with Crippen LogP contribution in [-0.4, -0.2) is 18.2 Å². The molecule has 2 atom stereocenters. The average molecular weight is 170 g/mol. The first-order valence-electron chi connectivity index (χ1n) is 4.33. The van der Waals surface area contributed by atoms with Crippen molar-refractivity contribution in [3.63, 3.8) is 0 Å². The van der Waals surface area contributed by atoms with Crippen molar-refractivity contribution in [1.82, 2.24) is 0 Å². The maximum absolute atomic E-state index is 8.64. The minimum atomic E-state index is -0.757. The van der Waals surface area contributed by atoms with Crippen LogP contribution in [0.15, 0.2) is 0 Å². The number of nitrogens with zero attached hydrogens (tertiary/aromatic N) is 1. The smallest absolute Gasteiger partial charge is 0.103 e. The molecule has 0 bridgehead atoms. The van der Waals surface area contributed by atoms with Gasteiger partial charge in [-0.1, -0.05) is 6.92 Å². The molecule has 12 heavy (non-hydrogen) atoms. The zero-order valence-corrected chi connectivity index (χ0v) is 8.13. The molecule has 0 rings (SSSR count). The van der Waals surface area contributed by atoms with Gasteiger partial charge in [0, 0.05) is 13.0 Å². The number of nitrogens with two attached hydrogens (primary N) is 1. The number of hydrogen-bond acceptors (Lipinski definition) is 3. The molecule has 0 saturated heterocycles. The SMILES string of the molecule is CCCOC(C)CC(C)(N)C#N. The van der Waals surface area contributed by atoms with Crippen molar-refractivity contribution < 1.29 is 4.74 Å². The van der Waals surface area contributed by atoms with Gasteiger partial charge in [0.2, 0.25) is 0 Å². The molecular formula is C9H18N2O. The van der Waals surface area contributed by atoms with E-state index >= 15 is 0 Å². The minimum absolute atomic E-state index is 0.0691. The molecule has 0 aromatic heterocycles. The van der Waals surface area contributed by atoms with Crippen molar-refractivity contribution in [2.24, 2.45) is 5.73 Å². The summed E-state index contributed by atoms with van der Waals surface area (Å²) < 4.78 is 5.40. The maximum Gasteiger partial charge on any atom is 0.103 e. The van der Waals surface area contributed by atoms with Crippen LogP contribution in [0, 0.1) is 11.3 Å². The molecule has 0 amide bonds. The highest BCUT2D eigenvalue weighted by atomic mass is 16.5. The molecule has 0 aromatic carbocycles. The Balaban J connectivity index is 3.69. The first-order valence-corrected chi connectivity index (χ1v) is 4.33. The van der Waals surface area contributed by atoms with Gasteiger partial charge in [-0.05, 0) is 20.3 Å². The Morgan fingerprint density at radius 1 is 1.67 bits per heavy atom. The van der Waals surface area contributed by atoms with Crippen molar-refractivity contribution >= 4 is 0 Å². The van der Waals surface area contributed by atoms with E-state index < -0.39 is 5.54 Å².